The third-order valence-electron chi connectivity index (χ3n) is 2.38. The molecule has 0 radical (unpaired) electrons. The van der Waals surface area contributed by atoms with Crippen LogP contribution in [0.2, 0.25) is 0 Å². The lowest BCUT2D eigenvalue weighted by Gasteiger charge is -2.13. The van der Waals surface area contributed by atoms with Gasteiger partial charge in [0.1, 0.15) is 5.82 Å². The molecule has 0 amide bonds. The van der Waals surface area contributed by atoms with Gasteiger partial charge in [-0.25, -0.2) is 4.39 Å². The smallest absolute Gasteiger partial charge is 0.123 e. The van der Waals surface area contributed by atoms with Gasteiger partial charge in [-0.2, -0.15) is 0 Å². The van der Waals surface area contributed by atoms with E-state index in [-0.39, 0.29) is 11.9 Å². The van der Waals surface area contributed by atoms with E-state index in [1.54, 1.807) is 12.1 Å². The summed E-state index contributed by atoms with van der Waals surface area (Å²) < 4.78 is 12.9. The molecular weight excluding hydrogens is 189 g/mol. The molecule has 0 saturated heterocycles. The first kappa shape index (κ1) is 11.9. The Morgan fingerprint density at radius 1 is 1.53 bits per heavy atom. The van der Waals surface area contributed by atoms with Crippen molar-refractivity contribution in [3.63, 3.8) is 0 Å². The molecule has 0 aliphatic carbocycles. The molecule has 0 bridgehead atoms. The molecule has 0 aliphatic heterocycles. The molecule has 1 aromatic rings. The molecule has 0 aliphatic rings. The first-order chi connectivity index (χ1) is 7.24. The SMILES string of the molecule is C=CCCCN[C@@H](C)c1cccc(F)c1. The average Bonchev–Trinajstić information content (AvgIpc) is 2.24. The van der Waals surface area contributed by atoms with Crippen molar-refractivity contribution < 1.29 is 4.39 Å². The fraction of sp³-hybridized carbons (Fsp3) is 0.385. The number of rotatable bonds is 6. The first-order valence-electron chi connectivity index (χ1n) is 5.34. The Bertz CT molecular complexity index is 309. The van der Waals surface area contributed by atoms with Crippen LogP contribution < -0.4 is 5.32 Å². The van der Waals surface area contributed by atoms with Crippen LogP contribution in [0.3, 0.4) is 0 Å². The maximum Gasteiger partial charge on any atom is 0.123 e. The molecule has 15 heavy (non-hydrogen) atoms. The predicted molar refractivity (Wildman–Crippen MR) is 62.2 cm³/mol. The molecule has 1 aromatic carbocycles. The van der Waals surface area contributed by atoms with Crippen LogP contribution in [0, 0.1) is 5.82 Å². The summed E-state index contributed by atoms with van der Waals surface area (Å²) in [4.78, 5) is 0. The van der Waals surface area contributed by atoms with E-state index >= 15 is 0 Å². The lowest BCUT2D eigenvalue weighted by molar-refractivity contribution is 0.554. The molecule has 0 fully saturated rings. The van der Waals surface area contributed by atoms with Gasteiger partial charge in [-0.3, -0.25) is 0 Å². The summed E-state index contributed by atoms with van der Waals surface area (Å²) in [7, 11) is 0. The topological polar surface area (TPSA) is 12.0 Å². The highest BCUT2D eigenvalue weighted by atomic mass is 19.1. The first-order valence-corrected chi connectivity index (χ1v) is 5.34. The molecule has 1 nitrogen and oxygen atoms in total. The van der Waals surface area contributed by atoms with E-state index in [0.29, 0.717) is 0 Å². The summed E-state index contributed by atoms with van der Waals surface area (Å²) >= 11 is 0. The van der Waals surface area contributed by atoms with E-state index in [9.17, 15) is 4.39 Å². The molecule has 1 atom stereocenters. The molecule has 1 N–H and O–H groups in total. The van der Waals surface area contributed by atoms with Crippen LogP contribution in [0.5, 0.6) is 0 Å². The van der Waals surface area contributed by atoms with E-state index in [0.717, 1.165) is 24.9 Å². The molecule has 1 rings (SSSR count). The zero-order valence-electron chi connectivity index (χ0n) is 9.17. The summed E-state index contributed by atoms with van der Waals surface area (Å²) in [5.74, 6) is -0.174. The van der Waals surface area contributed by atoms with Crippen molar-refractivity contribution in [2.75, 3.05) is 6.54 Å². The van der Waals surface area contributed by atoms with Gasteiger partial charge in [-0.1, -0.05) is 18.2 Å². The normalized spacial score (nSPS) is 12.4. The largest absolute Gasteiger partial charge is 0.310 e. The number of halogens is 1. The van der Waals surface area contributed by atoms with E-state index in [2.05, 4.69) is 11.9 Å². The predicted octanol–water partition coefficient (Wildman–Crippen LogP) is 3.44. The maximum atomic E-state index is 12.9. The Labute approximate surface area is 91.0 Å². The van der Waals surface area contributed by atoms with E-state index in [4.69, 9.17) is 0 Å². The molecule has 0 aromatic heterocycles. The minimum Gasteiger partial charge on any atom is -0.310 e. The fourth-order valence-electron chi connectivity index (χ4n) is 1.46. The van der Waals surface area contributed by atoms with Crippen LogP contribution in [-0.2, 0) is 0 Å². The summed E-state index contributed by atoms with van der Waals surface area (Å²) in [5.41, 5.74) is 0.994. The second-order valence-electron chi connectivity index (χ2n) is 3.66. The van der Waals surface area contributed by atoms with E-state index < -0.39 is 0 Å². The van der Waals surface area contributed by atoms with Crippen molar-refractivity contribution in [1.29, 1.82) is 0 Å². The monoisotopic (exact) mass is 207 g/mol. The van der Waals surface area contributed by atoms with Crippen molar-refractivity contribution in [1.82, 2.24) is 5.32 Å². The third kappa shape index (κ3) is 4.26. The van der Waals surface area contributed by atoms with Crippen LogP contribution in [0.25, 0.3) is 0 Å². The summed E-state index contributed by atoms with van der Waals surface area (Å²) in [6.07, 6.45) is 4.00. The number of unbranched alkanes of at least 4 members (excludes halogenated alkanes) is 1. The van der Waals surface area contributed by atoms with Gasteiger partial charge in [0, 0.05) is 6.04 Å². The number of nitrogens with one attached hydrogen (secondary N) is 1. The van der Waals surface area contributed by atoms with Gasteiger partial charge in [-0.15, -0.1) is 6.58 Å². The Morgan fingerprint density at radius 3 is 3.00 bits per heavy atom. The van der Waals surface area contributed by atoms with Gasteiger partial charge in [0.05, 0.1) is 0 Å². The molecule has 0 heterocycles. The van der Waals surface area contributed by atoms with E-state index in [1.807, 2.05) is 19.1 Å². The van der Waals surface area contributed by atoms with E-state index in [1.165, 1.54) is 6.07 Å². The molecule has 0 saturated carbocycles. The summed E-state index contributed by atoms with van der Waals surface area (Å²) in [5, 5.41) is 3.35. The molecule has 0 spiro atoms. The van der Waals surface area contributed by atoms with Crippen LogP contribution in [0.15, 0.2) is 36.9 Å². The van der Waals surface area contributed by atoms with Gasteiger partial charge < -0.3 is 5.32 Å². The zero-order valence-corrected chi connectivity index (χ0v) is 9.17. The highest BCUT2D eigenvalue weighted by molar-refractivity contribution is 5.19. The van der Waals surface area contributed by atoms with Crippen molar-refractivity contribution in [3.05, 3.63) is 48.3 Å². The number of allylic oxidation sites excluding steroid dienone is 1. The molecule has 2 heteroatoms. The summed E-state index contributed by atoms with van der Waals surface area (Å²) in [6, 6.07) is 6.92. The van der Waals surface area contributed by atoms with Crippen molar-refractivity contribution >= 4 is 0 Å². The third-order valence-corrected chi connectivity index (χ3v) is 2.38. The van der Waals surface area contributed by atoms with Crippen LogP contribution in [0.4, 0.5) is 4.39 Å². The zero-order chi connectivity index (χ0) is 11.1. The Morgan fingerprint density at radius 2 is 2.33 bits per heavy atom. The highest BCUT2D eigenvalue weighted by Gasteiger charge is 2.04. The molecule has 0 unspecified atom stereocenters. The van der Waals surface area contributed by atoms with Gasteiger partial charge in [0.15, 0.2) is 0 Å². The number of hydrogen-bond acceptors (Lipinski definition) is 1. The van der Waals surface area contributed by atoms with Gasteiger partial charge in [0.25, 0.3) is 0 Å². The summed E-state index contributed by atoms with van der Waals surface area (Å²) in [6.45, 7) is 6.65. The maximum absolute atomic E-state index is 12.9. The average molecular weight is 207 g/mol. The quantitative estimate of drug-likeness (QED) is 0.556. The highest BCUT2D eigenvalue weighted by Crippen LogP contribution is 2.13. The van der Waals surface area contributed by atoms with Crippen molar-refractivity contribution in [3.8, 4) is 0 Å². The lowest BCUT2D eigenvalue weighted by atomic mass is 10.1. The van der Waals surface area contributed by atoms with Crippen LogP contribution in [0.1, 0.15) is 31.4 Å². The van der Waals surface area contributed by atoms with Gasteiger partial charge >= 0.3 is 0 Å². The number of benzene rings is 1. The van der Waals surface area contributed by atoms with Gasteiger partial charge in [-0.05, 0) is 44.0 Å². The van der Waals surface area contributed by atoms with Crippen molar-refractivity contribution in [2.24, 2.45) is 0 Å². The van der Waals surface area contributed by atoms with Crippen molar-refractivity contribution in [2.45, 2.75) is 25.8 Å². The number of hydrogen-bond donors (Lipinski definition) is 1. The Balaban J connectivity index is 2.39. The fourth-order valence-corrected chi connectivity index (χ4v) is 1.46. The Kier molecular flexibility index (Phi) is 5.05. The second kappa shape index (κ2) is 6.36. The lowest BCUT2D eigenvalue weighted by Crippen LogP contribution is -2.19. The van der Waals surface area contributed by atoms with Crippen LogP contribution >= 0.6 is 0 Å². The second-order valence-corrected chi connectivity index (χ2v) is 3.66. The molecule has 82 valence electrons. The minimum absolute atomic E-state index is 0.174. The standard InChI is InChI=1S/C13H18FN/c1-3-4-5-9-15-11(2)12-7-6-8-13(14)10-12/h3,6-8,10-11,15H,1,4-5,9H2,2H3/t11-/m0/s1. The molecular formula is C13H18FN. The minimum atomic E-state index is -0.174. The Hall–Kier alpha value is -1.15. The van der Waals surface area contributed by atoms with Gasteiger partial charge in [0.2, 0.25) is 0 Å². The van der Waals surface area contributed by atoms with Crippen LogP contribution in [-0.4, -0.2) is 6.54 Å².